The van der Waals surface area contributed by atoms with Gasteiger partial charge in [0.05, 0.1) is 12.8 Å². The molecule has 1 N–H and O–H groups in total. The predicted molar refractivity (Wildman–Crippen MR) is 60.8 cm³/mol. The number of carbonyl (C=O) groups excluding carboxylic acids is 2. The highest BCUT2D eigenvalue weighted by Crippen LogP contribution is 2.13. The van der Waals surface area contributed by atoms with Crippen molar-refractivity contribution in [2.45, 2.75) is 32.5 Å². The van der Waals surface area contributed by atoms with Crippen molar-refractivity contribution in [3.05, 3.63) is 18.2 Å². The molecule has 0 radical (unpaired) electrons. The lowest BCUT2D eigenvalue weighted by Gasteiger charge is -2.19. The van der Waals surface area contributed by atoms with E-state index in [-0.39, 0.29) is 5.69 Å². The van der Waals surface area contributed by atoms with Gasteiger partial charge in [0.1, 0.15) is 11.9 Å². The van der Waals surface area contributed by atoms with Crippen LogP contribution in [0.2, 0.25) is 0 Å². The van der Waals surface area contributed by atoms with Crippen LogP contribution in [0.15, 0.2) is 12.5 Å². The van der Waals surface area contributed by atoms with Crippen LogP contribution in [0.1, 0.15) is 32.6 Å². The molecule has 0 aliphatic rings. The maximum Gasteiger partial charge on any atom is 0.419 e. The van der Waals surface area contributed by atoms with E-state index in [4.69, 9.17) is 4.74 Å². The maximum atomic E-state index is 11.6. The number of aliphatic hydroxyl groups excluding tert-OH is 1. The summed E-state index contributed by atoms with van der Waals surface area (Å²) >= 11 is 0. The lowest BCUT2D eigenvalue weighted by Crippen LogP contribution is -2.26. The molecule has 1 aromatic heterocycles. The van der Waals surface area contributed by atoms with Gasteiger partial charge in [-0.15, -0.1) is 0 Å². The molecule has 0 aliphatic carbocycles. The van der Waals surface area contributed by atoms with Crippen molar-refractivity contribution in [3.63, 3.8) is 0 Å². The summed E-state index contributed by atoms with van der Waals surface area (Å²) in [6, 6.07) is 0. The minimum Gasteiger partial charge on any atom is -0.467 e. The van der Waals surface area contributed by atoms with Crippen LogP contribution in [0.5, 0.6) is 0 Å². The van der Waals surface area contributed by atoms with E-state index in [2.05, 4.69) is 9.72 Å². The standard InChI is InChI=1S/C11H16N2O5/c1-11(2,3)18-10(16)13-5-7(12-6-13)8(14)9(15)17-4/h5-6,8,14H,1-4H3. The Morgan fingerprint density at radius 3 is 2.56 bits per heavy atom. The summed E-state index contributed by atoms with van der Waals surface area (Å²) in [5.41, 5.74) is -0.615. The van der Waals surface area contributed by atoms with Gasteiger partial charge in [-0.05, 0) is 20.8 Å². The number of methoxy groups -OCH3 is 1. The summed E-state index contributed by atoms with van der Waals surface area (Å²) in [6.45, 7) is 5.18. The SMILES string of the molecule is COC(=O)C(O)c1cn(C(=O)OC(C)(C)C)cn1. The van der Waals surface area contributed by atoms with Crippen molar-refractivity contribution in [2.75, 3.05) is 7.11 Å². The molecule has 1 heterocycles. The maximum absolute atomic E-state index is 11.6. The second-order valence-corrected chi connectivity index (χ2v) is 4.61. The van der Waals surface area contributed by atoms with Crippen molar-refractivity contribution in [1.29, 1.82) is 0 Å². The summed E-state index contributed by atoms with van der Waals surface area (Å²) in [5, 5.41) is 9.51. The van der Waals surface area contributed by atoms with Gasteiger partial charge in [0.15, 0.2) is 6.10 Å². The van der Waals surface area contributed by atoms with Gasteiger partial charge in [-0.25, -0.2) is 19.1 Å². The van der Waals surface area contributed by atoms with Crippen LogP contribution in [-0.2, 0) is 14.3 Å². The number of aromatic nitrogens is 2. The smallest absolute Gasteiger partial charge is 0.419 e. The molecule has 0 amide bonds. The minimum atomic E-state index is -1.52. The number of rotatable bonds is 2. The Balaban J connectivity index is 2.80. The molecule has 1 atom stereocenters. The minimum absolute atomic E-state index is 0.0210. The molecule has 1 aromatic rings. The predicted octanol–water partition coefficient (Wildman–Crippen LogP) is 0.873. The summed E-state index contributed by atoms with van der Waals surface area (Å²) in [7, 11) is 1.15. The van der Waals surface area contributed by atoms with E-state index in [0.29, 0.717) is 0 Å². The van der Waals surface area contributed by atoms with Gasteiger partial charge in [0.25, 0.3) is 0 Å². The van der Waals surface area contributed by atoms with Gasteiger partial charge < -0.3 is 14.6 Å². The Morgan fingerprint density at radius 1 is 1.44 bits per heavy atom. The van der Waals surface area contributed by atoms with E-state index < -0.39 is 23.8 Å². The molecule has 0 aliphatic heterocycles. The first-order valence-corrected chi connectivity index (χ1v) is 5.27. The highest BCUT2D eigenvalue weighted by atomic mass is 16.6. The van der Waals surface area contributed by atoms with Gasteiger partial charge in [0.2, 0.25) is 0 Å². The van der Waals surface area contributed by atoms with Gasteiger partial charge in [-0.2, -0.15) is 0 Å². The molecule has 0 aromatic carbocycles. The number of ether oxygens (including phenoxy) is 2. The van der Waals surface area contributed by atoms with Crippen molar-refractivity contribution in [2.24, 2.45) is 0 Å². The topological polar surface area (TPSA) is 90.7 Å². The highest BCUT2D eigenvalue weighted by Gasteiger charge is 2.23. The van der Waals surface area contributed by atoms with E-state index in [1.807, 2.05) is 0 Å². The molecule has 7 nitrogen and oxygen atoms in total. The number of carbonyl (C=O) groups is 2. The lowest BCUT2D eigenvalue weighted by molar-refractivity contribution is -0.150. The van der Waals surface area contributed by atoms with E-state index in [9.17, 15) is 14.7 Å². The monoisotopic (exact) mass is 256 g/mol. The molecular weight excluding hydrogens is 240 g/mol. The largest absolute Gasteiger partial charge is 0.467 e. The number of hydrogen-bond acceptors (Lipinski definition) is 6. The Morgan fingerprint density at radius 2 is 2.06 bits per heavy atom. The van der Waals surface area contributed by atoms with Gasteiger partial charge in [-0.3, -0.25) is 0 Å². The first-order chi connectivity index (χ1) is 8.24. The van der Waals surface area contributed by atoms with Crippen LogP contribution in [0.3, 0.4) is 0 Å². The molecule has 1 rings (SSSR count). The third kappa shape index (κ3) is 3.56. The average Bonchev–Trinajstić information content (AvgIpc) is 2.73. The quantitative estimate of drug-likeness (QED) is 0.789. The fourth-order valence-corrected chi connectivity index (χ4v) is 1.13. The second kappa shape index (κ2) is 5.18. The van der Waals surface area contributed by atoms with Crippen molar-refractivity contribution >= 4 is 12.1 Å². The van der Waals surface area contributed by atoms with Crippen LogP contribution in [0, 0.1) is 0 Å². The van der Waals surface area contributed by atoms with Gasteiger partial charge in [-0.1, -0.05) is 0 Å². The van der Waals surface area contributed by atoms with E-state index in [0.717, 1.165) is 18.0 Å². The molecule has 0 spiro atoms. The van der Waals surface area contributed by atoms with Crippen LogP contribution >= 0.6 is 0 Å². The molecule has 0 fully saturated rings. The number of nitrogens with zero attached hydrogens (tertiary/aromatic N) is 2. The van der Waals surface area contributed by atoms with Crippen molar-refractivity contribution in [3.8, 4) is 0 Å². The third-order valence-corrected chi connectivity index (χ3v) is 1.91. The summed E-state index contributed by atoms with van der Waals surface area (Å²) < 4.78 is 10.5. The molecule has 0 saturated carbocycles. The fourth-order valence-electron chi connectivity index (χ4n) is 1.13. The summed E-state index contributed by atoms with van der Waals surface area (Å²) in [4.78, 5) is 26.5. The Kier molecular flexibility index (Phi) is 4.07. The van der Waals surface area contributed by atoms with E-state index in [1.165, 1.54) is 6.20 Å². The lowest BCUT2D eigenvalue weighted by atomic mass is 10.2. The number of imidazole rings is 1. The van der Waals surface area contributed by atoms with E-state index >= 15 is 0 Å². The number of esters is 1. The normalized spacial score (nSPS) is 12.9. The molecular formula is C11H16N2O5. The average molecular weight is 256 g/mol. The first kappa shape index (κ1) is 14.2. The molecule has 7 heteroatoms. The van der Waals surface area contributed by atoms with Gasteiger partial charge >= 0.3 is 12.1 Å². The summed E-state index contributed by atoms with van der Waals surface area (Å²) in [5.74, 6) is -0.843. The fraction of sp³-hybridized carbons (Fsp3) is 0.545. The highest BCUT2D eigenvalue weighted by molar-refractivity contribution is 5.76. The van der Waals surface area contributed by atoms with Crippen LogP contribution in [0.4, 0.5) is 4.79 Å². The van der Waals surface area contributed by atoms with E-state index in [1.54, 1.807) is 20.8 Å². The molecule has 100 valence electrons. The van der Waals surface area contributed by atoms with Crippen LogP contribution < -0.4 is 0 Å². The Bertz CT molecular complexity index is 447. The number of aliphatic hydroxyl groups is 1. The molecule has 0 saturated heterocycles. The molecule has 1 unspecified atom stereocenters. The molecule has 0 bridgehead atoms. The summed E-state index contributed by atoms with van der Waals surface area (Å²) in [6.07, 6.45) is 0.225. The zero-order chi connectivity index (χ0) is 13.9. The zero-order valence-electron chi connectivity index (χ0n) is 10.7. The first-order valence-electron chi connectivity index (χ1n) is 5.27. The third-order valence-electron chi connectivity index (χ3n) is 1.91. The van der Waals surface area contributed by atoms with Crippen molar-refractivity contribution < 1.29 is 24.2 Å². The van der Waals surface area contributed by atoms with Crippen LogP contribution in [0.25, 0.3) is 0 Å². The molecule has 18 heavy (non-hydrogen) atoms. The van der Waals surface area contributed by atoms with Gasteiger partial charge in [0, 0.05) is 6.20 Å². The Hall–Kier alpha value is -1.89. The van der Waals surface area contributed by atoms with Crippen molar-refractivity contribution in [1.82, 2.24) is 9.55 Å². The van der Waals surface area contributed by atoms with Crippen LogP contribution in [-0.4, -0.2) is 39.4 Å². The second-order valence-electron chi connectivity index (χ2n) is 4.61. The number of hydrogen-bond donors (Lipinski definition) is 1. The zero-order valence-corrected chi connectivity index (χ0v) is 10.7. The Labute approximate surface area is 104 Å².